The van der Waals surface area contributed by atoms with Gasteiger partial charge in [-0.05, 0) is 42.0 Å². The van der Waals surface area contributed by atoms with Gasteiger partial charge in [0.15, 0.2) is 0 Å². The number of halogens is 1. The van der Waals surface area contributed by atoms with Crippen molar-refractivity contribution in [1.82, 2.24) is 10.2 Å². The first-order valence-corrected chi connectivity index (χ1v) is 8.17. The maximum Gasteiger partial charge on any atom is 0.255 e. The molecule has 4 nitrogen and oxygen atoms in total. The fourth-order valence-corrected chi connectivity index (χ4v) is 2.80. The molecule has 3 rings (SSSR count). The lowest BCUT2D eigenvalue weighted by Crippen LogP contribution is -2.42. The van der Waals surface area contributed by atoms with Crippen molar-refractivity contribution in [2.24, 2.45) is 0 Å². The Kier molecular flexibility index (Phi) is 5.28. The maximum atomic E-state index is 12.4. The van der Waals surface area contributed by atoms with E-state index in [0.29, 0.717) is 10.6 Å². The zero-order chi connectivity index (χ0) is 16.1. The third-order valence-electron chi connectivity index (χ3n) is 3.91. The Morgan fingerprint density at radius 1 is 1.13 bits per heavy atom. The second kappa shape index (κ2) is 7.59. The van der Waals surface area contributed by atoms with Crippen LogP contribution in [0.25, 0.3) is 0 Å². The van der Waals surface area contributed by atoms with Gasteiger partial charge in [0.05, 0.1) is 0 Å². The number of rotatable bonds is 4. The molecule has 0 radical (unpaired) electrons. The molecule has 0 atom stereocenters. The molecule has 2 N–H and O–H groups in total. The van der Waals surface area contributed by atoms with Gasteiger partial charge < -0.3 is 10.6 Å². The minimum atomic E-state index is -0.102. The van der Waals surface area contributed by atoms with Gasteiger partial charge in [-0.15, -0.1) is 0 Å². The number of amides is 1. The summed E-state index contributed by atoms with van der Waals surface area (Å²) in [6.45, 7) is 5.01. The fraction of sp³-hybridized carbons (Fsp3) is 0.278. The summed E-state index contributed by atoms with van der Waals surface area (Å²) in [5, 5.41) is 6.89. The molecule has 1 saturated heterocycles. The molecule has 1 aliphatic rings. The predicted molar refractivity (Wildman–Crippen MR) is 94.0 cm³/mol. The Balaban J connectivity index is 1.66. The SMILES string of the molecule is O=C(Nc1ccc(Cl)cc1)c1cccc(CN2CCNCC2)c1. The van der Waals surface area contributed by atoms with Gasteiger partial charge in [-0.2, -0.15) is 0 Å². The van der Waals surface area contributed by atoms with E-state index in [1.165, 1.54) is 0 Å². The summed E-state index contributed by atoms with van der Waals surface area (Å²) in [5.74, 6) is -0.102. The van der Waals surface area contributed by atoms with E-state index in [9.17, 15) is 4.79 Å². The van der Waals surface area contributed by atoms with Crippen molar-refractivity contribution in [2.45, 2.75) is 6.54 Å². The Morgan fingerprint density at radius 3 is 2.61 bits per heavy atom. The van der Waals surface area contributed by atoms with Crippen LogP contribution in [0.15, 0.2) is 48.5 Å². The van der Waals surface area contributed by atoms with E-state index in [4.69, 9.17) is 11.6 Å². The van der Waals surface area contributed by atoms with Crippen LogP contribution in [0.2, 0.25) is 5.02 Å². The smallest absolute Gasteiger partial charge is 0.255 e. The number of anilines is 1. The third kappa shape index (κ3) is 4.55. The molecule has 0 unspecified atom stereocenters. The molecule has 2 aromatic carbocycles. The largest absolute Gasteiger partial charge is 0.322 e. The quantitative estimate of drug-likeness (QED) is 0.906. The van der Waals surface area contributed by atoms with E-state index >= 15 is 0 Å². The third-order valence-corrected chi connectivity index (χ3v) is 4.16. The van der Waals surface area contributed by atoms with Crippen LogP contribution < -0.4 is 10.6 Å². The van der Waals surface area contributed by atoms with Crippen LogP contribution in [-0.2, 0) is 6.54 Å². The average molecular weight is 330 g/mol. The lowest BCUT2D eigenvalue weighted by atomic mass is 10.1. The van der Waals surface area contributed by atoms with Crippen molar-refractivity contribution >= 4 is 23.2 Å². The Hall–Kier alpha value is -1.88. The summed E-state index contributed by atoms with van der Waals surface area (Å²) in [7, 11) is 0. The molecular weight excluding hydrogens is 310 g/mol. The molecule has 2 aromatic rings. The highest BCUT2D eigenvalue weighted by molar-refractivity contribution is 6.30. The zero-order valence-corrected chi connectivity index (χ0v) is 13.6. The molecule has 0 saturated carbocycles. The number of hydrogen-bond acceptors (Lipinski definition) is 3. The van der Waals surface area contributed by atoms with Crippen molar-refractivity contribution in [3.63, 3.8) is 0 Å². The second-order valence-electron chi connectivity index (χ2n) is 5.69. The molecule has 0 aromatic heterocycles. The van der Waals surface area contributed by atoms with Gasteiger partial charge in [0.2, 0.25) is 0 Å². The van der Waals surface area contributed by atoms with Crippen molar-refractivity contribution < 1.29 is 4.79 Å². The summed E-state index contributed by atoms with van der Waals surface area (Å²) in [5.41, 5.74) is 2.58. The second-order valence-corrected chi connectivity index (χ2v) is 6.12. The molecule has 1 fully saturated rings. The van der Waals surface area contributed by atoms with E-state index in [1.807, 2.05) is 18.2 Å². The van der Waals surface area contributed by atoms with Crippen LogP contribution >= 0.6 is 11.6 Å². The van der Waals surface area contributed by atoms with Crippen molar-refractivity contribution in [2.75, 3.05) is 31.5 Å². The van der Waals surface area contributed by atoms with E-state index in [-0.39, 0.29) is 5.91 Å². The number of nitrogens with one attached hydrogen (secondary N) is 2. The standard InChI is InChI=1S/C18H20ClN3O/c19-16-4-6-17(7-5-16)21-18(23)15-3-1-2-14(12-15)13-22-10-8-20-9-11-22/h1-7,12,20H,8-11,13H2,(H,21,23). The maximum absolute atomic E-state index is 12.4. The molecule has 5 heteroatoms. The van der Waals surface area contributed by atoms with E-state index in [1.54, 1.807) is 24.3 Å². The predicted octanol–water partition coefficient (Wildman–Crippen LogP) is 3.00. The van der Waals surface area contributed by atoms with Crippen LogP contribution in [0.1, 0.15) is 15.9 Å². The Bertz CT molecular complexity index is 666. The molecule has 120 valence electrons. The van der Waals surface area contributed by atoms with Gasteiger partial charge >= 0.3 is 0 Å². The molecule has 1 amide bonds. The van der Waals surface area contributed by atoms with Crippen LogP contribution in [0.4, 0.5) is 5.69 Å². The van der Waals surface area contributed by atoms with Gasteiger partial charge in [-0.1, -0.05) is 23.7 Å². The first kappa shape index (κ1) is 16.0. The Labute approximate surface area is 141 Å². The van der Waals surface area contributed by atoms with E-state index < -0.39 is 0 Å². The monoisotopic (exact) mass is 329 g/mol. The molecule has 0 bridgehead atoms. The van der Waals surface area contributed by atoms with Crippen LogP contribution in [-0.4, -0.2) is 37.0 Å². The average Bonchev–Trinajstić information content (AvgIpc) is 2.58. The number of nitrogens with zero attached hydrogens (tertiary/aromatic N) is 1. The van der Waals surface area contributed by atoms with E-state index in [2.05, 4.69) is 21.6 Å². The van der Waals surface area contributed by atoms with E-state index in [0.717, 1.165) is 44.0 Å². The minimum absolute atomic E-state index is 0.102. The van der Waals surface area contributed by atoms with Crippen LogP contribution in [0, 0.1) is 0 Å². The van der Waals surface area contributed by atoms with Gasteiger partial charge in [-0.3, -0.25) is 9.69 Å². The number of piperazine rings is 1. The summed E-state index contributed by atoms with van der Waals surface area (Å²) >= 11 is 5.86. The molecule has 1 aliphatic heterocycles. The summed E-state index contributed by atoms with van der Waals surface area (Å²) in [6, 6.07) is 14.9. The van der Waals surface area contributed by atoms with Gasteiger partial charge in [0.1, 0.15) is 0 Å². The Morgan fingerprint density at radius 2 is 1.87 bits per heavy atom. The number of carbonyl (C=O) groups is 1. The first-order valence-electron chi connectivity index (χ1n) is 7.80. The van der Waals surface area contributed by atoms with Crippen molar-refractivity contribution in [3.05, 3.63) is 64.7 Å². The molecule has 1 heterocycles. The van der Waals surface area contributed by atoms with Crippen molar-refractivity contribution in [1.29, 1.82) is 0 Å². The van der Waals surface area contributed by atoms with Crippen LogP contribution in [0.3, 0.4) is 0 Å². The topological polar surface area (TPSA) is 44.4 Å². The summed E-state index contributed by atoms with van der Waals surface area (Å²) in [6.07, 6.45) is 0. The lowest BCUT2D eigenvalue weighted by molar-refractivity contribution is 0.102. The molecular formula is C18H20ClN3O. The minimum Gasteiger partial charge on any atom is -0.322 e. The molecule has 23 heavy (non-hydrogen) atoms. The van der Waals surface area contributed by atoms with Gasteiger partial charge in [-0.25, -0.2) is 0 Å². The first-order chi connectivity index (χ1) is 11.2. The summed E-state index contributed by atoms with van der Waals surface area (Å²) in [4.78, 5) is 14.8. The van der Waals surface area contributed by atoms with Crippen molar-refractivity contribution in [3.8, 4) is 0 Å². The highest BCUT2D eigenvalue weighted by Crippen LogP contribution is 2.15. The highest BCUT2D eigenvalue weighted by Gasteiger charge is 2.11. The highest BCUT2D eigenvalue weighted by atomic mass is 35.5. The summed E-state index contributed by atoms with van der Waals surface area (Å²) < 4.78 is 0. The number of benzene rings is 2. The van der Waals surface area contributed by atoms with Crippen LogP contribution in [0.5, 0.6) is 0 Å². The number of hydrogen-bond donors (Lipinski definition) is 2. The fourth-order valence-electron chi connectivity index (χ4n) is 2.67. The normalized spacial score (nSPS) is 15.3. The lowest BCUT2D eigenvalue weighted by Gasteiger charge is -2.27. The number of carbonyl (C=O) groups excluding carboxylic acids is 1. The molecule has 0 spiro atoms. The molecule has 0 aliphatic carbocycles. The van der Waals surface area contributed by atoms with Gasteiger partial charge in [0, 0.05) is 49.0 Å². The zero-order valence-electron chi connectivity index (χ0n) is 12.9. The van der Waals surface area contributed by atoms with Gasteiger partial charge in [0.25, 0.3) is 5.91 Å².